The number of halogens is 1. The first-order valence-electron chi connectivity index (χ1n) is 4.74. The van der Waals surface area contributed by atoms with Crippen LogP contribution >= 0.6 is 27.3 Å². The lowest BCUT2D eigenvalue weighted by Gasteiger charge is -2.14. The van der Waals surface area contributed by atoms with Crippen molar-refractivity contribution >= 4 is 27.3 Å². The minimum absolute atomic E-state index is 0.247. The van der Waals surface area contributed by atoms with Crippen molar-refractivity contribution in [1.82, 2.24) is 0 Å². The molecule has 1 N–H and O–H groups in total. The molecule has 0 amide bonds. The van der Waals surface area contributed by atoms with Gasteiger partial charge in [-0.15, -0.1) is 11.3 Å². The number of hydrogen-bond acceptors (Lipinski definition) is 3. The van der Waals surface area contributed by atoms with E-state index < -0.39 is 0 Å². The predicted octanol–water partition coefficient (Wildman–Crippen LogP) is 2.45. The number of hydrogen-bond donors (Lipinski definition) is 1. The molecular weight excluding hydrogens is 264 g/mol. The van der Waals surface area contributed by atoms with E-state index in [1.54, 1.807) is 11.3 Å². The fourth-order valence-electron chi connectivity index (χ4n) is 1.69. The lowest BCUT2D eigenvalue weighted by atomic mass is 9.99. The van der Waals surface area contributed by atoms with Crippen molar-refractivity contribution in [3.05, 3.63) is 20.8 Å². The highest BCUT2D eigenvalue weighted by Crippen LogP contribution is 2.25. The van der Waals surface area contributed by atoms with Gasteiger partial charge in [0, 0.05) is 33.7 Å². The largest absolute Gasteiger partial charge is 0.392 e. The van der Waals surface area contributed by atoms with Gasteiger partial charge in [0.05, 0.1) is 12.7 Å². The molecule has 0 aromatic carbocycles. The van der Waals surface area contributed by atoms with Gasteiger partial charge in [0.25, 0.3) is 0 Å². The van der Waals surface area contributed by atoms with E-state index in [4.69, 9.17) is 4.74 Å². The second kappa shape index (κ2) is 4.75. The zero-order valence-corrected chi connectivity index (χ0v) is 10.2. The second-order valence-corrected chi connectivity index (χ2v) is 5.54. The predicted molar refractivity (Wildman–Crippen MR) is 60.7 cm³/mol. The zero-order valence-electron chi connectivity index (χ0n) is 7.78. The van der Waals surface area contributed by atoms with Crippen molar-refractivity contribution in [2.45, 2.75) is 18.9 Å². The van der Waals surface area contributed by atoms with Gasteiger partial charge >= 0.3 is 0 Å². The maximum atomic E-state index is 9.92. The molecule has 1 aliphatic rings. The normalized spacial score (nSPS) is 24.0. The van der Waals surface area contributed by atoms with E-state index in [0.717, 1.165) is 23.9 Å². The summed E-state index contributed by atoms with van der Waals surface area (Å²) < 4.78 is 6.36. The molecule has 2 nitrogen and oxygen atoms in total. The minimum atomic E-state index is -0.247. The standard InChI is InChI=1S/C10H13BrO2S/c11-8-3-9(14-6-8)4-10(12)7-1-2-13-5-7/h3,6-7,10,12H,1-2,4-5H2. The highest BCUT2D eigenvalue weighted by molar-refractivity contribution is 9.10. The van der Waals surface area contributed by atoms with E-state index in [0.29, 0.717) is 12.5 Å². The van der Waals surface area contributed by atoms with Crippen molar-refractivity contribution in [2.24, 2.45) is 5.92 Å². The summed E-state index contributed by atoms with van der Waals surface area (Å²) in [6.07, 6.45) is 1.50. The SMILES string of the molecule is OC(Cc1cc(Br)cs1)C1CCOC1. The summed E-state index contributed by atoms with van der Waals surface area (Å²) in [5.74, 6) is 0.330. The summed E-state index contributed by atoms with van der Waals surface area (Å²) in [6, 6.07) is 2.07. The summed E-state index contributed by atoms with van der Waals surface area (Å²) in [4.78, 5) is 1.23. The van der Waals surface area contributed by atoms with Gasteiger partial charge < -0.3 is 9.84 Å². The number of ether oxygens (including phenoxy) is 1. The van der Waals surface area contributed by atoms with E-state index in [-0.39, 0.29) is 6.10 Å². The van der Waals surface area contributed by atoms with Crippen LogP contribution in [0.3, 0.4) is 0 Å². The monoisotopic (exact) mass is 276 g/mol. The van der Waals surface area contributed by atoms with Gasteiger partial charge in [-0.3, -0.25) is 0 Å². The van der Waals surface area contributed by atoms with Crippen LogP contribution in [-0.2, 0) is 11.2 Å². The molecule has 0 aliphatic carbocycles. The van der Waals surface area contributed by atoms with E-state index >= 15 is 0 Å². The lowest BCUT2D eigenvalue weighted by molar-refractivity contribution is 0.0925. The molecule has 78 valence electrons. The van der Waals surface area contributed by atoms with Crippen LogP contribution in [0, 0.1) is 5.92 Å². The molecule has 2 atom stereocenters. The molecule has 0 spiro atoms. The molecule has 1 aromatic rings. The van der Waals surface area contributed by atoms with Gasteiger partial charge in [-0.25, -0.2) is 0 Å². The fraction of sp³-hybridized carbons (Fsp3) is 0.600. The molecule has 0 radical (unpaired) electrons. The maximum absolute atomic E-state index is 9.92. The van der Waals surface area contributed by atoms with E-state index in [2.05, 4.69) is 22.0 Å². The van der Waals surface area contributed by atoms with Crippen LogP contribution in [-0.4, -0.2) is 24.4 Å². The highest BCUT2D eigenvalue weighted by Gasteiger charge is 2.24. The Hall–Kier alpha value is 0.1000. The molecule has 0 saturated carbocycles. The van der Waals surface area contributed by atoms with Crippen molar-refractivity contribution in [1.29, 1.82) is 0 Å². The third-order valence-corrected chi connectivity index (χ3v) is 4.26. The lowest BCUT2D eigenvalue weighted by Crippen LogP contribution is -2.22. The fourth-order valence-corrected chi connectivity index (χ4v) is 3.19. The number of aliphatic hydroxyl groups is 1. The Morgan fingerprint density at radius 2 is 2.57 bits per heavy atom. The summed E-state index contributed by atoms with van der Waals surface area (Å²) in [5.41, 5.74) is 0. The van der Waals surface area contributed by atoms with Crippen LogP contribution in [0.15, 0.2) is 15.9 Å². The van der Waals surface area contributed by atoms with E-state index in [1.165, 1.54) is 4.88 Å². The van der Waals surface area contributed by atoms with Crippen molar-refractivity contribution in [3.63, 3.8) is 0 Å². The summed E-state index contributed by atoms with van der Waals surface area (Å²) in [7, 11) is 0. The van der Waals surface area contributed by atoms with E-state index in [9.17, 15) is 5.11 Å². The average molecular weight is 277 g/mol. The first-order chi connectivity index (χ1) is 6.75. The Kier molecular flexibility index (Phi) is 3.60. The topological polar surface area (TPSA) is 29.5 Å². The maximum Gasteiger partial charge on any atom is 0.0639 e. The highest BCUT2D eigenvalue weighted by atomic mass is 79.9. The smallest absolute Gasteiger partial charge is 0.0639 e. The van der Waals surface area contributed by atoms with Crippen LogP contribution in [0.2, 0.25) is 0 Å². The molecule has 1 saturated heterocycles. The molecule has 4 heteroatoms. The molecule has 2 rings (SSSR count). The molecule has 1 aromatic heterocycles. The first-order valence-corrected chi connectivity index (χ1v) is 6.41. The second-order valence-electron chi connectivity index (χ2n) is 3.63. The Morgan fingerprint density at radius 3 is 3.14 bits per heavy atom. The summed E-state index contributed by atoms with van der Waals surface area (Å²) in [5, 5.41) is 12.0. The summed E-state index contributed by atoms with van der Waals surface area (Å²) in [6.45, 7) is 1.52. The molecule has 2 heterocycles. The van der Waals surface area contributed by atoms with Crippen LogP contribution in [0.4, 0.5) is 0 Å². The molecule has 1 aliphatic heterocycles. The van der Waals surface area contributed by atoms with Crippen molar-refractivity contribution in [3.8, 4) is 0 Å². The van der Waals surface area contributed by atoms with Gasteiger partial charge in [-0.2, -0.15) is 0 Å². The quantitative estimate of drug-likeness (QED) is 0.919. The Balaban J connectivity index is 1.90. The molecule has 2 unspecified atom stereocenters. The Labute approximate surface area is 96.0 Å². The van der Waals surface area contributed by atoms with E-state index in [1.807, 2.05) is 5.38 Å². The van der Waals surface area contributed by atoms with Crippen LogP contribution in [0.5, 0.6) is 0 Å². The molecular formula is C10H13BrO2S. The number of thiophene rings is 1. The average Bonchev–Trinajstić information content (AvgIpc) is 2.75. The van der Waals surface area contributed by atoms with Gasteiger partial charge in [0.1, 0.15) is 0 Å². The van der Waals surface area contributed by atoms with Gasteiger partial charge in [-0.1, -0.05) is 0 Å². The molecule has 14 heavy (non-hydrogen) atoms. The van der Waals surface area contributed by atoms with Crippen molar-refractivity contribution < 1.29 is 9.84 Å². The number of rotatable bonds is 3. The van der Waals surface area contributed by atoms with Gasteiger partial charge in [0.15, 0.2) is 0 Å². The van der Waals surface area contributed by atoms with Crippen molar-refractivity contribution in [2.75, 3.05) is 13.2 Å². The third-order valence-electron chi connectivity index (χ3n) is 2.54. The Bertz CT molecular complexity index is 294. The number of aliphatic hydroxyl groups excluding tert-OH is 1. The van der Waals surface area contributed by atoms with Gasteiger partial charge in [0.2, 0.25) is 0 Å². The summed E-state index contributed by atoms with van der Waals surface area (Å²) >= 11 is 5.10. The minimum Gasteiger partial charge on any atom is -0.392 e. The molecule has 0 bridgehead atoms. The van der Waals surface area contributed by atoms with Crippen LogP contribution < -0.4 is 0 Å². The first kappa shape index (κ1) is 10.6. The van der Waals surface area contributed by atoms with Crippen LogP contribution in [0.1, 0.15) is 11.3 Å². The van der Waals surface area contributed by atoms with Crippen LogP contribution in [0.25, 0.3) is 0 Å². The Morgan fingerprint density at radius 1 is 1.71 bits per heavy atom. The third kappa shape index (κ3) is 2.57. The zero-order chi connectivity index (χ0) is 9.97. The molecule has 1 fully saturated rings. The van der Waals surface area contributed by atoms with Gasteiger partial charge in [-0.05, 0) is 28.4 Å².